The molecule has 0 aromatic heterocycles. The second-order valence-electron chi connectivity index (χ2n) is 4.34. The summed E-state index contributed by atoms with van der Waals surface area (Å²) < 4.78 is 5.70. The normalized spacial score (nSPS) is 12.4. The van der Waals surface area contributed by atoms with Crippen molar-refractivity contribution in [2.24, 2.45) is 5.92 Å². The minimum Gasteiger partial charge on any atom is -0.493 e. The van der Waals surface area contributed by atoms with Crippen molar-refractivity contribution in [1.29, 1.82) is 0 Å². The molecule has 96 valence electrons. The van der Waals surface area contributed by atoms with Gasteiger partial charge in [-0.2, -0.15) is 0 Å². The Balaban J connectivity index is 2.31. The number of ether oxygens (including phenoxy) is 1. The maximum atomic E-state index is 8.81. The molecule has 0 spiro atoms. The van der Waals surface area contributed by atoms with E-state index in [4.69, 9.17) is 9.84 Å². The fourth-order valence-electron chi connectivity index (χ4n) is 1.57. The summed E-state index contributed by atoms with van der Waals surface area (Å²) in [7, 11) is 0. The van der Waals surface area contributed by atoms with Gasteiger partial charge in [0.1, 0.15) is 5.75 Å². The summed E-state index contributed by atoms with van der Waals surface area (Å²) in [5.74, 6) is 1.40. The zero-order valence-corrected chi connectivity index (χ0v) is 10.8. The van der Waals surface area contributed by atoms with Crippen molar-refractivity contribution < 1.29 is 9.84 Å². The topological polar surface area (TPSA) is 41.5 Å². The fraction of sp³-hybridized carbons (Fsp3) is 0.571. The van der Waals surface area contributed by atoms with Crippen molar-refractivity contribution in [3.8, 4) is 5.75 Å². The van der Waals surface area contributed by atoms with Crippen molar-refractivity contribution in [3.63, 3.8) is 0 Å². The molecule has 1 unspecified atom stereocenters. The van der Waals surface area contributed by atoms with Gasteiger partial charge < -0.3 is 15.2 Å². The molecule has 0 aliphatic carbocycles. The van der Waals surface area contributed by atoms with Crippen molar-refractivity contribution >= 4 is 0 Å². The molecule has 0 heterocycles. The van der Waals surface area contributed by atoms with Crippen LogP contribution in [-0.4, -0.2) is 31.4 Å². The third-order valence-electron chi connectivity index (χ3n) is 2.60. The lowest BCUT2D eigenvalue weighted by Crippen LogP contribution is -2.24. The zero-order chi connectivity index (χ0) is 12.5. The van der Waals surface area contributed by atoms with Crippen LogP contribution in [0.1, 0.15) is 19.4 Å². The van der Waals surface area contributed by atoms with E-state index in [9.17, 15) is 0 Å². The Hall–Kier alpha value is -1.06. The van der Waals surface area contributed by atoms with Crippen molar-refractivity contribution in [1.82, 2.24) is 5.32 Å². The lowest BCUT2D eigenvalue weighted by molar-refractivity contribution is 0.256. The number of aliphatic hydroxyl groups excluding tert-OH is 1. The van der Waals surface area contributed by atoms with Gasteiger partial charge in [-0.15, -0.1) is 0 Å². The molecule has 1 atom stereocenters. The molecular weight excluding hydrogens is 214 g/mol. The van der Waals surface area contributed by atoms with Gasteiger partial charge in [0.25, 0.3) is 0 Å². The molecule has 0 radical (unpaired) electrons. The van der Waals surface area contributed by atoms with Crippen LogP contribution in [0.3, 0.4) is 0 Å². The minimum atomic E-state index is 0.194. The van der Waals surface area contributed by atoms with Crippen molar-refractivity contribution in [2.75, 3.05) is 26.3 Å². The van der Waals surface area contributed by atoms with Crippen LogP contribution in [0.25, 0.3) is 0 Å². The summed E-state index contributed by atoms with van der Waals surface area (Å²) in [5, 5.41) is 12.1. The molecule has 3 nitrogen and oxygen atoms in total. The highest BCUT2D eigenvalue weighted by Crippen LogP contribution is 2.13. The van der Waals surface area contributed by atoms with Crippen LogP contribution in [0.15, 0.2) is 24.3 Å². The summed E-state index contributed by atoms with van der Waals surface area (Å²) in [6.45, 7) is 7.18. The molecule has 0 amide bonds. The smallest absolute Gasteiger partial charge is 0.119 e. The second-order valence-corrected chi connectivity index (χ2v) is 4.34. The summed E-state index contributed by atoms with van der Waals surface area (Å²) in [6, 6.07) is 7.93. The van der Waals surface area contributed by atoms with Crippen LogP contribution in [0, 0.1) is 5.92 Å². The highest BCUT2D eigenvalue weighted by molar-refractivity contribution is 5.27. The molecule has 1 rings (SSSR count). The summed E-state index contributed by atoms with van der Waals surface area (Å²) in [5.41, 5.74) is 1.14. The van der Waals surface area contributed by atoms with E-state index in [0.717, 1.165) is 31.0 Å². The Morgan fingerprint density at radius 2 is 2.00 bits per heavy atom. The highest BCUT2D eigenvalue weighted by atomic mass is 16.5. The average molecular weight is 237 g/mol. The maximum Gasteiger partial charge on any atom is 0.119 e. The number of hydrogen-bond acceptors (Lipinski definition) is 3. The number of hydrogen-bond donors (Lipinski definition) is 2. The molecule has 0 fully saturated rings. The standard InChI is InChI=1S/C14H23NO2/c1-3-15-10-12(2)11-17-14-6-4-13(5-7-14)8-9-16/h4-7,12,15-16H,3,8-11H2,1-2H3. The lowest BCUT2D eigenvalue weighted by Gasteiger charge is -2.13. The zero-order valence-electron chi connectivity index (χ0n) is 10.8. The Bertz CT molecular complexity index is 298. The molecular formula is C14H23NO2. The predicted molar refractivity (Wildman–Crippen MR) is 70.4 cm³/mol. The molecule has 2 N–H and O–H groups in total. The van der Waals surface area contributed by atoms with E-state index < -0.39 is 0 Å². The Morgan fingerprint density at radius 3 is 2.59 bits per heavy atom. The molecule has 0 saturated heterocycles. The monoisotopic (exact) mass is 237 g/mol. The second kappa shape index (κ2) is 8.09. The van der Waals surface area contributed by atoms with Crippen LogP contribution in [0.5, 0.6) is 5.75 Å². The molecule has 0 aliphatic heterocycles. The number of nitrogens with one attached hydrogen (secondary N) is 1. The van der Waals surface area contributed by atoms with Crippen molar-refractivity contribution in [3.05, 3.63) is 29.8 Å². The number of rotatable bonds is 8. The van der Waals surface area contributed by atoms with Gasteiger partial charge in [-0.1, -0.05) is 26.0 Å². The predicted octanol–water partition coefficient (Wildman–Crippen LogP) is 1.85. The lowest BCUT2D eigenvalue weighted by atomic mass is 10.1. The third-order valence-corrected chi connectivity index (χ3v) is 2.60. The molecule has 3 heteroatoms. The molecule has 0 aliphatic rings. The van der Waals surface area contributed by atoms with Gasteiger partial charge in [0.05, 0.1) is 6.61 Å². The quantitative estimate of drug-likeness (QED) is 0.725. The third kappa shape index (κ3) is 5.71. The Morgan fingerprint density at radius 1 is 1.29 bits per heavy atom. The van der Waals surface area contributed by atoms with Crippen LogP contribution in [0.4, 0.5) is 0 Å². The van der Waals surface area contributed by atoms with Gasteiger partial charge >= 0.3 is 0 Å². The van der Waals surface area contributed by atoms with Gasteiger partial charge in [-0.05, 0) is 30.7 Å². The Labute approximate surface area is 104 Å². The van der Waals surface area contributed by atoms with E-state index in [2.05, 4.69) is 19.2 Å². The van der Waals surface area contributed by atoms with E-state index in [0.29, 0.717) is 12.3 Å². The first-order valence-corrected chi connectivity index (χ1v) is 6.29. The van der Waals surface area contributed by atoms with Crippen molar-refractivity contribution in [2.45, 2.75) is 20.3 Å². The van der Waals surface area contributed by atoms with Gasteiger partial charge in [0.15, 0.2) is 0 Å². The molecule has 0 bridgehead atoms. The van der Waals surface area contributed by atoms with Crippen LogP contribution in [0.2, 0.25) is 0 Å². The van der Waals surface area contributed by atoms with E-state index in [-0.39, 0.29) is 6.61 Å². The number of aliphatic hydroxyl groups is 1. The first-order valence-electron chi connectivity index (χ1n) is 6.29. The number of benzene rings is 1. The summed E-state index contributed by atoms with van der Waals surface area (Å²) in [6.07, 6.45) is 0.705. The minimum absolute atomic E-state index is 0.194. The molecule has 1 aromatic carbocycles. The van der Waals surface area contributed by atoms with E-state index in [1.807, 2.05) is 24.3 Å². The largest absolute Gasteiger partial charge is 0.493 e. The molecule has 17 heavy (non-hydrogen) atoms. The van der Waals surface area contributed by atoms with Crippen LogP contribution >= 0.6 is 0 Å². The average Bonchev–Trinajstić information content (AvgIpc) is 2.36. The van der Waals surface area contributed by atoms with Gasteiger partial charge in [-0.3, -0.25) is 0 Å². The highest BCUT2D eigenvalue weighted by Gasteiger charge is 2.02. The van der Waals surface area contributed by atoms with Gasteiger partial charge in [-0.25, -0.2) is 0 Å². The summed E-state index contributed by atoms with van der Waals surface area (Å²) in [4.78, 5) is 0. The van der Waals surface area contributed by atoms with E-state index in [1.54, 1.807) is 0 Å². The first-order chi connectivity index (χ1) is 8.26. The van der Waals surface area contributed by atoms with Gasteiger partial charge in [0.2, 0.25) is 0 Å². The summed E-state index contributed by atoms with van der Waals surface area (Å²) >= 11 is 0. The maximum absolute atomic E-state index is 8.81. The van der Waals surface area contributed by atoms with Gasteiger partial charge in [0, 0.05) is 19.1 Å². The molecule has 1 aromatic rings. The SMILES string of the molecule is CCNCC(C)COc1ccc(CCO)cc1. The Kier molecular flexibility index (Phi) is 6.67. The van der Waals surface area contributed by atoms with Crippen LogP contribution < -0.4 is 10.1 Å². The van der Waals surface area contributed by atoms with Crippen LogP contribution in [-0.2, 0) is 6.42 Å². The van der Waals surface area contributed by atoms with E-state index >= 15 is 0 Å². The first kappa shape index (κ1) is 14.0. The molecule has 0 saturated carbocycles. The van der Waals surface area contributed by atoms with E-state index in [1.165, 1.54) is 0 Å². The fourth-order valence-corrected chi connectivity index (χ4v) is 1.57.